The van der Waals surface area contributed by atoms with E-state index in [1.165, 1.54) is 18.6 Å². The number of alkyl halides is 3. The standard InChI is InChI=1S/C38H43F3N2O3/c1-5-6-7-8-9-10-11-16-32(44)43-26(4)33(27-19-21-29(22-20-27)38(39,40)41)34(35(45)28-18-17-24(2)25(3)23-28)37(43)30-14-12-13-15-31(30)42-36(37)46/h12-15,17-23,26,33-34H,5-11,16H2,1-4H3,(H,42,46). The second-order valence-electron chi connectivity index (χ2n) is 12.9. The van der Waals surface area contributed by atoms with Crippen molar-refractivity contribution in [2.24, 2.45) is 5.92 Å². The highest BCUT2D eigenvalue weighted by Gasteiger charge is 2.69. The highest BCUT2D eigenvalue weighted by atomic mass is 19.4. The molecule has 0 bridgehead atoms. The molecule has 3 aromatic rings. The van der Waals surface area contributed by atoms with Crippen LogP contribution < -0.4 is 5.32 Å². The van der Waals surface area contributed by atoms with Crippen molar-refractivity contribution < 1.29 is 27.6 Å². The number of aryl methyl sites for hydroxylation is 2. The maximum absolute atomic E-state index is 14.8. The zero-order valence-corrected chi connectivity index (χ0v) is 27.0. The average Bonchev–Trinajstić information content (AvgIpc) is 3.47. The van der Waals surface area contributed by atoms with Gasteiger partial charge in [-0.3, -0.25) is 14.4 Å². The topological polar surface area (TPSA) is 66.5 Å². The Morgan fingerprint density at radius 1 is 0.870 bits per heavy atom. The number of fused-ring (bicyclic) bond motifs is 2. The first-order valence-electron chi connectivity index (χ1n) is 16.4. The van der Waals surface area contributed by atoms with Crippen LogP contribution in [0.2, 0.25) is 0 Å². The lowest BCUT2D eigenvalue weighted by molar-refractivity contribution is -0.146. The highest BCUT2D eigenvalue weighted by Crippen LogP contribution is 2.59. The molecule has 0 radical (unpaired) electrons. The molecular formula is C38H43F3N2O3. The van der Waals surface area contributed by atoms with Crippen LogP contribution in [0.3, 0.4) is 0 Å². The summed E-state index contributed by atoms with van der Waals surface area (Å²) >= 11 is 0. The molecule has 46 heavy (non-hydrogen) atoms. The van der Waals surface area contributed by atoms with Crippen LogP contribution in [0.5, 0.6) is 0 Å². The van der Waals surface area contributed by atoms with Crippen LogP contribution >= 0.6 is 0 Å². The van der Waals surface area contributed by atoms with Gasteiger partial charge in [-0.05, 0) is 68.1 Å². The first-order valence-corrected chi connectivity index (χ1v) is 16.4. The summed E-state index contributed by atoms with van der Waals surface area (Å²) in [5, 5.41) is 2.96. The smallest absolute Gasteiger partial charge is 0.323 e. The van der Waals surface area contributed by atoms with Gasteiger partial charge in [-0.1, -0.05) is 87.9 Å². The fraction of sp³-hybridized carbons (Fsp3) is 0.447. The van der Waals surface area contributed by atoms with Gasteiger partial charge in [0.1, 0.15) is 0 Å². The summed E-state index contributed by atoms with van der Waals surface area (Å²) in [5.74, 6) is -2.85. The molecule has 0 saturated carbocycles. The summed E-state index contributed by atoms with van der Waals surface area (Å²) in [6.45, 7) is 7.83. The van der Waals surface area contributed by atoms with Crippen molar-refractivity contribution in [3.05, 3.63) is 100 Å². The van der Waals surface area contributed by atoms with E-state index in [0.29, 0.717) is 28.8 Å². The zero-order valence-electron chi connectivity index (χ0n) is 27.0. The number of benzene rings is 3. The molecule has 4 atom stereocenters. The van der Waals surface area contributed by atoms with Crippen LogP contribution in [0, 0.1) is 19.8 Å². The molecule has 1 N–H and O–H groups in total. The third kappa shape index (κ3) is 5.98. The third-order valence-corrected chi connectivity index (χ3v) is 10.0. The van der Waals surface area contributed by atoms with Gasteiger partial charge in [-0.2, -0.15) is 13.2 Å². The van der Waals surface area contributed by atoms with Gasteiger partial charge in [0.15, 0.2) is 11.3 Å². The van der Waals surface area contributed by atoms with E-state index in [0.717, 1.165) is 55.4 Å². The molecule has 1 saturated heterocycles. The maximum atomic E-state index is 14.8. The summed E-state index contributed by atoms with van der Waals surface area (Å²) in [4.78, 5) is 45.2. The Kier molecular flexibility index (Phi) is 9.75. The SMILES string of the molecule is CCCCCCCCCC(=O)N1C(C)C(c2ccc(C(F)(F)F)cc2)C(C(=O)c2ccc(C)c(C)c2)C12C(=O)Nc1ccccc12. The van der Waals surface area contributed by atoms with Crippen molar-refractivity contribution >= 4 is 23.3 Å². The van der Waals surface area contributed by atoms with Crippen molar-refractivity contribution in [1.29, 1.82) is 0 Å². The average molecular weight is 633 g/mol. The number of unbranched alkanes of at least 4 members (excludes halogenated alkanes) is 6. The number of nitrogens with one attached hydrogen (secondary N) is 1. The molecule has 5 rings (SSSR count). The number of rotatable bonds is 11. The lowest BCUT2D eigenvalue weighted by atomic mass is 9.69. The number of anilines is 1. The second kappa shape index (κ2) is 13.4. The number of likely N-dealkylation sites (tertiary alicyclic amines) is 1. The third-order valence-electron chi connectivity index (χ3n) is 10.0. The van der Waals surface area contributed by atoms with E-state index in [1.807, 2.05) is 26.8 Å². The number of para-hydroxylation sites is 1. The Balaban J connectivity index is 1.64. The summed E-state index contributed by atoms with van der Waals surface area (Å²) in [5.41, 5.74) is 1.37. The fourth-order valence-electron chi connectivity index (χ4n) is 7.55. The van der Waals surface area contributed by atoms with Crippen LogP contribution in [-0.2, 0) is 21.3 Å². The molecule has 8 heteroatoms. The predicted molar refractivity (Wildman–Crippen MR) is 174 cm³/mol. The molecule has 1 fully saturated rings. The number of hydrogen-bond donors (Lipinski definition) is 1. The van der Waals surface area contributed by atoms with Gasteiger partial charge in [0.05, 0.1) is 11.5 Å². The first kappa shape index (κ1) is 33.4. The second-order valence-corrected chi connectivity index (χ2v) is 12.9. The molecule has 1 spiro atoms. The van der Waals surface area contributed by atoms with Crippen molar-refractivity contribution in [3.63, 3.8) is 0 Å². The van der Waals surface area contributed by atoms with Gasteiger partial charge < -0.3 is 10.2 Å². The molecule has 0 aliphatic carbocycles. The van der Waals surface area contributed by atoms with Gasteiger partial charge in [0.25, 0.3) is 5.91 Å². The van der Waals surface area contributed by atoms with E-state index < -0.39 is 41.1 Å². The van der Waals surface area contributed by atoms with Gasteiger partial charge in [-0.15, -0.1) is 0 Å². The van der Waals surface area contributed by atoms with Crippen molar-refractivity contribution in [1.82, 2.24) is 4.90 Å². The number of halogens is 3. The molecule has 2 heterocycles. The summed E-state index contributed by atoms with van der Waals surface area (Å²) in [6.07, 6.45) is 2.81. The largest absolute Gasteiger partial charge is 0.416 e. The molecule has 2 aliphatic heterocycles. The van der Waals surface area contributed by atoms with E-state index in [-0.39, 0.29) is 18.1 Å². The number of amides is 2. The van der Waals surface area contributed by atoms with Gasteiger partial charge in [0, 0.05) is 35.2 Å². The van der Waals surface area contributed by atoms with Crippen LogP contribution in [0.1, 0.15) is 109 Å². The molecule has 2 amide bonds. The van der Waals surface area contributed by atoms with E-state index in [1.54, 1.807) is 41.3 Å². The molecule has 3 aromatic carbocycles. The van der Waals surface area contributed by atoms with E-state index in [2.05, 4.69) is 12.2 Å². The monoisotopic (exact) mass is 632 g/mol. The Bertz CT molecular complexity index is 1600. The van der Waals surface area contributed by atoms with Gasteiger partial charge >= 0.3 is 6.18 Å². The summed E-state index contributed by atoms with van der Waals surface area (Å²) < 4.78 is 40.7. The highest BCUT2D eigenvalue weighted by molar-refractivity contribution is 6.14. The van der Waals surface area contributed by atoms with Crippen molar-refractivity contribution in [2.75, 3.05) is 5.32 Å². The number of Topliss-reactive ketones (excluding diaryl/α,β-unsaturated/α-hetero) is 1. The Morgan fingerprint density at radius 3 is 2.17 bits per heavy atom. The van der Waals surface area contributed by atoms with Crippen LogP contribution in [0.15, 0.2) is 66.7 Å². The van der Waals surface area contributed by atoms with Crippen molar-refractivity contribution in [3.8, 4) is 0 Å². The molecule has 0 aromatic heterocycles. The van der Waals surface area contributed by atoms with Gasteiger partial charge in [-0.25, -0.2) is 0 Å². The maximum Gasteiger partial charge on any atom is 0.416 e. The molecular weight excluding hydrogens is 589 g/mol. The van der Waals surface area contributed by atoms with Crippen molar-refractivity contribution in [2.45, 2.75) is 103 Å². The Morgan fingerprint density at radius 2 is 1.52 bits per heavy atom. The quantitative estimate of drug-likeness (QED) is 0.169. The number of hydrogen-bond acceptors (Lipinski definition) is 3. The minimum atomic E-state index is -4.53. The lowest BCUT2D eigenvalue weighted by Gasteiger charge is -2.38. The van der Waals surface area contributed by atoms with E-state index in [4.69, 9.17) is 0 Å². The summed E-state index contributed by atoms with van der Waals surface area (Å²) in [6, 6.07) is 16.6. The number of nitrogens with zero attached hydrogens (tertiary/aromatic N) is 1. The fourth-order valence-corrected chi connectivity index (χ4v) is 7.55. The Hall–Kier alpha value is -3.94. The van der Waals surface area contributed by atoms with E-state index >= 15 is 0 Å². The number of carbonyl (C=O) groups is 3. The predicted octanol–water partition coefficient (Wildman–Crippen LogP) is 9.12. The molecule has 2 aliphatic rings. The van der Waals surface area contributed by atoms with Crippen LogP contribution in [0.4, 0.5) is 18.9 Å². The normalized spacial score (nSPS) is 22.3. The van der Waals surface area contributed by atoms with E-state index in [9.17, 15) is 27.6 Å². The zero-order chi connectivity index (χ0) is 33.2. The minimum Gasteiger partial charge on any atom is -0.323 e. The Labute approximate surface area is 269 Å². The molecule has 4 unspecified atom stereocenters. The number of ketones is 1. The van der Waals surface area contributed by atoms with Gasteiger partial charge in [0.2, 0.25) is 5.91 Å². The number of carbonyl (C=O) groups excluding carboxylic acids is 3. The molecule has 5 nitrogen and oxygen atoms in total. The van der Waals surface area contributed by atoms with Crippen LogP contribution in [-0.4, -0.2) is 28.5 Å². The minimum absolute atomic E-state index is 0.208. The summed E-state index contributed by atoms with van der Waals surface area (Å²) in [7, 11) is 0. The lowest BCUT2D eigenvalue weighted by Crippen LogP contribution is -2.56. The first-order chi connectivity index (χ1) is 21.9. The van der Waals surface area contributed by atoms with Crippen LogP contribution in [0.25, 0.3) is 0 Å². The molecule has 244 valence electrons.